The number of methoxy groups -OCH3 is 1. The molecule has 1 aliphatic rings. The number of anilines is 1. The second-order valence-corrected chi connectivity index (χ2v) is 8.94. The molecule has 0 radical (unpaired) electrons. The van der Waals surface area contributed by atoms with E-state index < -0.39 is 23.9 Å². The van der Waals surface area contributed by atoms with Gasteiger partial charge in [0.15, 0.2) is 0 Å². The van der Waals surface area contributed by atoms with Crippen molar-refractivity contribution in [1.82, 2.24) is 5.32 Å². The van der Waals surface area contributed by atoms with Gasteiger partial charge in [0, 0.05) is 30.5 Å². The lowest BCUT2D eigenvalue weighted by Gasteiger charge is -2.23. The summed E-state index contributed by atoms with van der Waals surface area (Å²) in [6.45, 7) is 9.17. The standard InChI is InChI=1S/C25H30N4O4.C3H6/c1-15(2)12-17(14-21(26)30)24(31)28-23-25(32)29(3)20-11-6-5-10-19(20)22(27-23)16-8-7-9-18(13-16)33-4;1-3-2/h5-11,13,15,17,23H,12,14H2,1-4H3,(H2,26,30)(H,28,31);3H,1H2,2H3. The van der Waals surface area contributed by atoms with Gasteiger partial charge in [-0.25, -0.2) is 4.99 Å². The first kappa shape index (κ1) is 28.3. The van der Waals surface area contributed by atoms with E-state index in [2.05, 4.69) is 11.9 Å². The number of amides is 3. The monoisotopic (exact) mass is 492 g/mol. The zero-order valence-corrected chi connectivity index (χ0v) is 21.7. The van der Waals surface area contributed by atoms with E-state index in [9.17, 15) is 14.4 Å². The number of benzene rings is 2. The van der Waals surface area contributed by atoms with E-state index in [0.717, 1.165) is 11.1 Å². The molecule has 1 aliphatic heterocycles. The van der Waals surface area contributed by atoms with Crippen molar-refractivity contribution in [2.45, 2.75) is 39.8 Å². The largest absolute Gasteiger partial charge is 0.497 e. The lowest BCUT2D eigenvalue weighted by Crippen LogP contribution is -2.48. The van der Waals surface area contributed by atoms with Crippen LogP contribution in [0.5, 0.6) is 5.75 Å². The molecule has 3 rings (SSSR count). The molecule has 0 aromatic heterocycles. The number of benzodiazepines with no additional fused rings is 1. The lowest BCUT2D eigenvalue weighted by atomic mass is 9.93. The summed E-state index contributed by atoms with van der Waals surface area (Å²) in [5, 5.41) is 2.76. The maximum Gasteiger partial charge on any atom is 0.272 e. The molecule has 0 spiro atoms. The number of fused-ring (bicyclic) bond motifs is 1. The minimum absolute atomic E-state index is 0.0898. The van der Waals surface area contributed by atoms with Crippen LogP contribution in [0.15, 0.2) is 66.2 Å². The highest BCUT2D eigenvalue weighted by atomic mass is 16.5. The molecule has 2 atom stereocenters. The van der Waals surface area contributed by atoms with Crippen molar-refractivity contribution >= 4 is 29.1 Å². The summed E-state index contributed by atoms with van der Waals surface area (Å²) in [5.74, 6) is -1.18. The molecule has 0 fully saturated rings. The van der Waals surface area contributed by atoms with Gasteiger partial charge in [-0.1, -0.05) is 50.3 Å². The Balaban J connectivity index is 0.00000145. The number of carbonyl (C=O) groups excluding carboxylic acids is 3. The second kappa shape index (κ2) is 13.2. The van der Waals surface area contributed by atoms with E-state index >= 15 is 0 Å². The first-order valence-electron chi connectivity index (χ1n) is 11.9. The van der Waals surface area contributed by atoms with Gasteiger partial charge in [0.2, 0.25) is 18.0 Å². The van der Waals surface area contributed by atoms with Crippen LogP contribution in [-0.2, 0) is 14.4 Å². The van der Waals surface area contributed by atoms with Gasteiger partial charge < -0.3 is 20.7 Å². The summed E-state index contributed by atoms with van der Waals surface area (Å²) < 4.78 is 5.36. The van der Waals surface area contributed by atoms with Crippen molar-refractivity contribution in [3.05, 3.63) is 72.3 Å². The van der Waals surface area contributed by atoms with Crippen molar-refractivity contribution in [2.24, 2.45) is 22.6 Å². The molecule has 36 heavy (non-hydrogen) atoms. The first-order valence-corrected chi connectivity index (χ1v) is 11.9. The fraction of sp³-hybridized carbons (Fsp3) is 0.357. The molecular formula is C28H36N4O4. The van der Waals surface area contributed by atoms with Gasteiger partial charge in [0.05, 0.1) is 18.5 Å². The van der Waals surface area contributed by atoms with Crippen LogP contribution in [-0.4, -0.2) is 43.8 Å². The van der Waals surface area contributed by atoms with Crippen LogP contribution in [0.3, 0.4) is 0 Å². The summed E-state index contributed by atoms with van der Waals surface area (Å²) in [4.78, 5) is 44.1. The van der Waals surface area contributed by atoms with Crippen molar-refractivity contribution in [3.63, 3.8) is 0 Å². The highest BCUT2D eigenvalue weighted by molar-refractivity contribution is 6.20. The number of aliphatic imine (C=N–C) groups is 1. The number of nitrogens with zero attached hydrogens (tertiary/aromatic N) is 2. The zero-order valence-electron chi connectivity index (χ0n) is 21.7. The predicted molar refractivity (Wildman–Crippen MR) is 143 cm³/mol. The molecule has 3 N–H and O–H groups in total. The number of para-hydroxylation sites is 1. The molecule has 8 heteroatoms. The molecule has 2 aromatic carbocycles. The van der Waals surface area contributed by atoms with Gasteiger partial charge >= 0.3 is 0 Å². The molecule has 0 aliphatic carbocycles. The van der Waals surface area contributed by atoms with Crippen molar-refractivity contribution in [3.8, 4) is 5.75 Å². The molecule has 192 valence electrons. The molecule has 3 amide bonds. The average Bonchev–Trinajstić information content (AvgIpc) is 2.94. The van der Waals surface area contributed by atoms with Crippen LogP contribution in [0.4, 0.5) is 5.69 Å². The van der Waals surface area contributed by atoms with E-state index in [0.29, 0.717) is 23.6 Å². The van der Waals surface area contributed by atoms with Crippen molar-refractivity contribution in [1.29, 1.82) is 0 Å². The maximum atomic E-state index is 13.3. The van der Waals surface area contributed by atoms with Crippen molar-refractivity contribution < 1.29 is 19.1 Å². The number of primary amides is 1. The SMILES string of the molecule is C=CC.COc1cccc(C2=NC(NC(=O)C(CC(N)=O)CC(C)C)C(=O)N(C)c3ccccc32)c1. The Morgan fingerprint density at radius 2 is 1.89 bits per heavy atom. The van der Waals surface area contributed by atoms with E-state index in [1.807, 2.05) is 69.3 Å². The number of hydrogen-bond acceptors (Lipinski definition) is 5. The van der Waals surface area contributed by atoms with Gasteiger partial charge in [-0.05, 0) is 37.5 Å². The number of allylic oxidation sites excluding steroid dienone is 1. The number of likely N-dealkylation sites (N-methyl/N-ethyl adjacent to an activating group) is 1. The molecule has 1 heterocycles. The van der Waals surface area contributed by atoms with Gasteiger partial charge in [-0.2, -0.15) is 0 Å². The fourth-order valence-electron chi connectivity index (χ4n) is 3.96. The molecule has 0 saturated carbocycles. The highest BCUT2D eigenvalue weighted by Gasteiger charge is 2.33. The van der Waals surface area contributed by atoms with Crippen LogP contribution in [0.25, 0.3) is 0 Å². The summed E-state index contributed by atoms with van der Waals surface area (Å²) in [7, 11) is 3.23. The van der Waals surface area contributed by atoms with Gasteiger partial charge in [-0.3, -0.25) is 14.4 Å². The van der Waals surface area contributed by atoms with Crippen LogP contribution >= 0.6 is 0 Å². The van der Waals surface area contributed by atoms with Crippen molar-refractivity contribution in [2.75, 3.05) is 19.1 Å². The third kappa shape index (κ3) is 7.28. The highest BCUT2D eigenvalue weighted by Crippen LogP contribution is 2.28. The molecule has 0 saturated heterocycles. The minimum Gasteiger partial charge on any atom is -0.497 e. The molecule has 2 aromatic rings. The third-order valence-corrected chi connectivity index (χ3v) is 5.54. The normalized spacial score (nSPS) is 15.5. The topological polar surface area (TPSA) is 114 Å². The molecular weight excluding hydrogens is 456 g/mol. The lowest BCUT2D eigenvalue weighted by molar-refractivity contribution is -0.132. The molecule has 2 unspecified atom stereocenters. The maximum absolute atomic E-state index is 13.3. The van der Waals surface area contributed by atoms with Gasteiger partial charge in [0.25, 0.3) is 5.91 Å². The Morgan fingerprint density at radius 1 is 1.22 bits per heavy atom. The third-order valence-electron chi connectivity index (χ3n) is 5.54. The summed E-state index contributed by atoms with van der Waals surface area (Å²) in [5.41, 5.74) is 8.11. The number of carbonyl (C=O) groups is 3. The van der Waals surface area contributed by atoms with E-state index in [1.165, 1.54) is 4.90 Å². The minimum atomic E-state index is -1.15. The Labute approximate surface area is 213 Å². The summed E-state index contributed by atoms with van der Waals surface area (Å²) in [6.07, 6.45) is 0.977. The second-order valence-electron chi connectivity index (χ2n) is 8.94. The van der Waals surface area contributed by atoms with E-state index in [1.54, 1.807) is 20.2 Å². The van der Waals surface area contributed by atoms with Crippen LogP contribution in [0, 0.1) is 11.8 Å². The smallest absolute Gasteiger partial charge is 0.272 e. The Morgan fingerprint density at radius 3 is 2.50 bits per heavy atom. The van der Waals surface area contributed by atoms with Crippen LogP contribution in [0.1, 0.15) is 44.7 Å². The first-order chi connectivity index (χ1) is 17.1. The Hall–Kier alpha value is -3.94. The molecule has 8 nitrogen and oxygen atoms in total. The quantitative estimate of drug-likeness (QED) is 0.547. The summed E-state index contributed by atoms with van der Waals surface area (Å²) in [6, 6.07) is 14.8. The Bertz CT molecular complexity index is 1130. The van der Waals surface area contributed by atoms with Gasteiger partial charge in [0.1, 0.15) is 5.75 Å². The number of nitrogens with one attached hydrogen (secondary N) is 1. The zero-order chi connectivity index (χ0) is 26.8. The average molecular weight is 493 g/mol. The summed E-state index contributed by atoms with van der Waals surface area (Å²) >= 11 is 0. The van der Waals surface area contributed by atoms with E-state index in [-0.39, 0.29) is 18.2 Å². The van der Waals surface area contributed by atoms with Crippen LogP contribution < -0.4 is 20.7 Å². The number of rotatable bonds is 8. The molecule has 0 bridgehead atoms. The van der Waals surface area contributed by atoms with Gasteiger partial charge in [-0.15, -0.1) is 6.58 Å². The predicted octanol–water partition coefficient (Wildman–Crippen LogP) is 3.68. The Kier molecular flexibility index (Phi) is 10.4. The van der Waals surface area contributed by atoms with E-state index in [4.69, 9.17) is 15.5 Å². The number of nitrogens with two attached hydrogens (primary N) is 1. The fourth-order valence-corrected chi connectivity index (χ4v) is 3.96. The van der Waals surface area contributed by atoms with Crippen LogP contribution in [0.2, 0.25) is 0 Å². The number of hydrogen-bond donors (Lipinski definition) is 2. The number of ether oxygens (including phenoxy) is 1.